The molecule has 0 spiro atoms. The second-order valence-corrected chi connectivity index (χ2v) is 9.30. The highest BCUT2D eigenvalue weighted by Gasteiger charge is 2.46. The van der Waals surface area contributed by atoms with Crippen LogP contribution in [0, 0.1) is 5.92 Å². The van der Waals surface area contributed by atoms with Crippen molar-refractivity contribution in [1.29, 1.82) is 0 Å². The second kappa shape index (κ2) is 9.84. The molecule has 2 aromatic rings. The van der Waals surface area contributed by atoms with Crippen molar-refractivity contribution in [1.82, 2.24) is 0 Å². The van der Waals surface area contributed by atoms with Crippen LogP contribution in [-0.2, 0) is 19.1 Å². The fraction of sp³-hybridized carbons (Fsp3) is 0.370. The maximum absolute atomic E-state index is 13.7. The van der Waals surface area contributed by atoms with E-state index in [1.54, 1.807) is 19.1 Å². The summed E-state index contributed by atoms with van der Waals surface area (Å²) in [5.74, 6) is -0.839. The lowest BCUT2D eigenvalue weighted by atomic mass is 9.69. The monoisotopic (exact) mass is 495 g/mol. The number of ether oxygens (including phenoxy) is 4. The van der Waals surface area contributed by atoms with E-state index < -0.39 is 17.8 Å². The number of esters is 1. The van der Waals surface area contributed by atoms with E-state index in [0.29, 0.717) is 51.9 Å². The molecule has 0 amide bonds. The summed E-state index contributed by atoms with van der Waals surface area (Å²) < 4.78 is 21.6. The Labute approximate surface area is 208 Å². The minimum absolute atomic E-state index is 0.0251. The van der Waals surface area contributed by atoms with Gasteiger partial charge in [0.1, 0.15) is 12.5 Å². The molecule has 7 nitrogen and oxygen atoms in total. The highest BCUT2D eigenvalue weighted by molar-refractivity contribution is 6.32. The van der Waals surface area contributed by atoms with E-state index in [1.165, 1.54) is 7.11 Å². The van der Waals surface area contributed by atoms with E-state index in [2.05, 4.69) is 0 Å². The normalized spacial score (nSPS) is 23.1. The average molecular weight is 496 g/mol. The molecular formula is C27H26ClNO6. The molecule has 0 saturated carbocycles. The van der Waals surface area contributed by atoms with Crippen molar-refractivity contribution in [3.63, 3.8) is 0 Å². The topological polar surface area (TPSA) is 83.4 Å². The summed E-state index contributed by atoms with van der Waals surface area (Å²) in [7, 11) is 1.54. The average Bonchev–Trinajstić information content (AvgIpc) is 3.30. The van der Waals surface area contributed by atoms with Gasteiger partial charge in [0.15, 0.2) is 17.3 Å². The van der Waals surface area contributed by atoms with Crippen LogP contribution in [0.5, 0.6) is 11.5 Å². The smallest absolute Gasteiger partial charge is 0.315 e. The van der Waals surface area contributed by atoms with Crippen molar-refractivity contribution in [2.75, 3.05) is 27.1 Å². The number of carbonyl (C=O) groups is 2. The van der Waals surface area contributed by atoms with Gasteiger partial charge in [-0.25, -0.2) is 0 Å². The van der Waals surface area contributed by atoms with Gasteiger partial charge in [0.05, 0.1) is 6.61 Å². The van der Waals surface area contributed by atoms with Crippen LogP contribution in [0.3, 0.4) is 0 Å². The first kappa shape index (κ1) is 23.6. The van der Waals surface area contributed by atoms with Gasteiger partial charge in [-0.1, -0.05) is 41.9 Å². The summed E-state index contributed by atoms with van der Waals surface area (Å²) >= 11 is 6.71. The number of hydrogen-bond acceptors (Lipinski definition) is 7. The Morgan fingerprint density at radius 1 is 1.11 bits per heavy atom. The molecule has 2 heterocycles. The molecule has 0 radical (unpaired) electrons. The molecule has 35 heavy (non-hydrogen) atoms. The zero-order valence-corrected chi connectivity index (χ0v) is 20.3. The number of allylic oxidation sites excluding steroid dienone is 2. The number of hydrogen-bond donors (Lipinski definition) is 0. The standard InChI is InChI=1S/C27H26ClNO6/c1-15-24(27(31)33-9-8-32-2)25(18-12-22-23(13-19(18)28)35-14-34-22)26-20(29-15)10-17(11-21(26)30)16-6-4-3-5-7-16/h3-7,12-13,17,24-25H,8-11,14H2,1-2H3/t17-,24?,25+/m1/s1. The van der Waals surface area contributed by atoms with Crippen molar-refractivity contribution < 1.29 is 28.5 Å². The van der Waals surface area contributed by atoms with Gasteiger partial charge in [-0.2, -0.15) is 0 Å². The number of rotatable bonds is 6. The quantitative estimate of drug-likeness (QED) is 0.421. The third-order valence-corrected chi connectivity index (χ3v) is 7.10. The van der Waals surface area contributed by atoms with Crippen molar-refractivity contribution >= 4 is 29.1 Å². The van der Waals surface area contributed by atoms with Crippen LogP contribution in [-0.4, -0.2) is 44.6 Å². The van der Waals surface area contributed by atoms with Gasteiger partial charge in [0, 0.05) is 47.5 Å². The van der Waals surface area contributed by atoms with Gasteiger partial charge in [-0.15, -0.1) is 0 Å². The number of halogens is 1. The van der Waals surface area contributed by atoms with Crippen LogP contribution < -0.4 is 9.47 Å². The second-order valence-electron chi connectivity index (χ2n) is 8.90. The van der Waals surface area contributed by atoms with Crippen LogP contribution in [0.4, 0.5) is 0 Å². The predicted octanol–water partition coefficient (Wildman–Crippen LogP) is 4.83. The summed E-state index contributed by atoms with van der Waals surface area (Å²) in [6.45, 7) is 2.28. The zero-order valence-electron chi connectivity index (χ0n) is 19.6. The lowest BCUT2D eigenvalue weighted by Gasteiger charge is -2.36. The van der Waals surface area contributed by atoms with Gasteiger partial charge in [-0.05, 0) is 36.5 Å². The van der Waals surface area contributed by atoms with Crippen molar-refractivity contribution in [2.45, 2.75) is 31.6 Å². The molecular weight excluding hydrogens is 470 g/mol. The van der Waals surface area contributed by atoms with Crippen molar-refractivity contribution in [3.8, 4) is 11.5 Å². The molecule has 0 bridgehead atoms. The lowest BCUT2D eigenvalue weighted by molar-refractivity contribution is -0.147. The van der Waals surface area contributed by atoms with Crippen LogP contribution in [0.15, 0.2) is 58.7 Å². The molecule has 2 aliphatic heterocycles. The van der Waals surface area contributed by atoms with E-state index >= 15 is 0 Å². The van der Waals surface area contributed by atoms with E-state index in [0.717, 1.165) is 5.56 Å². The minimum Gasteiger partial charge on any atom is -0.463 e. The summed E-state index contributed by atoms with van der Waals surface area (Å²) in [5.41, 5.74) is 3.54. The summed E-state index contributed by atoms with van der Waals surface area (Å²) in [5, 5.41) is 0.397. The first-order chi connectivity index (χ1) is 17.0. The Morgan fingerprint density at radius 2 is 1.86 bits per heavy atom. The molecule has 1 unspecified atom stereocenters. The van der Waals surface area contributed by atoms with Crippen LogP contribution >= 0.6 is 11.6 Å². The largest absolute Gasteiger partial charge is 0.463 e. The third kappa shape index (κ3) is 4.46. The number of ketones is 1. The fourth-order valence-electron chi connectivity index (χ4n) is 5.15. The molecule has 2 aromatic carbocycles. The number of aliphatic imine (C=N–C) groups is 1. The molecule has 0 aromatic heterocycles. The molecule has 0 N–H and O–H groups in total. The SMILES string of the molecule is COCCOC(=O)C1C(C)=NC2=C(C(=O)C[C@H](c3ccccc3)C2)[C@H]1c1cc2c(cc1Cl)OCO2. The Hall–Kier alpha value is -3.16. The number of methoxy groups -OCH3 is 1. The molecule has 3 atom stereocenters. The van der Waals surface area contributed by atoms with Gasteiger partial charge in [0.25, 0.3) is 0 Å². The number of fused-ring (bicyclic) bond motifs is 1. The Balaban J connectivity index is 1.59. The Morgan fingerprint density at radius 3 is 2.60 bits per heavy atom. The molecule has 5 rings (SSSR count). The van der Waals surface area contributed by atoms with Gasteiger partial charge in [-0.3, -0.25) is 14.6 Å². The summed E-state index contributed by atoms with van der Waals surface area (Å²) in [4.78, 5) is 31.7. The fourth-order valence-corrected chi connectivity index (χ4v) is 5.42. The zero-order chi connectivity index (χ0) is 24.5. The van der Waals surface area contributed by atoms with Gasteiger partial charge < -0.3 is 18.9 Å². The number of Topliss-reactive ketones (excluding diaryl/α,β-unsaturated/α-hetero) is 1. The predicted molar refractivity (Wildman–Crippen MR) is 130 cm³/mol. The highest BCUT2D eigenvalue weighted by Crippen LogP contribution is 2.50. The van der Waals surface area contributed by atoms with Crippen LogP contribution in [0.2, 0.25) is 5.02 Å². The lowest BCUT2D eigenvalue weighted by Crippen LogP contribution is -2.38. The number of nitrogens with zero attached hydrogens (tertiary/aromatic N) is 1. The van der Waals surface area contributed by atoms with Crippen molar-refractivity contribution in [3.05, 3.63) is 69.9 Å². The van der Waals surface area contributed by atoms with Crippen LogP contribution in [0.25, 0.3) is 0 Å². The maximum Gasteiger partial charge on any atom is 0.315 e. The highest BCUT2D eigenvalue weighted by atomic mass is 35.5. The van der Waals surface area contributed by atoms with E-state index in [-0.39, 0.29) is 31.7 Å². The van der Waals surface area contributed by atoms with Crippen LogP contribution in [0.1, 0.15) is 42.7 Å². The Bertz CT molecular complexity index is 1220. The van der Waals surface area contributed by atoms with E-state index in [4.69, 9.17) is 35.5 Å². The first-order valence-electron chi connectivity index (χ1n) is 11.6. The molecule has 1 aliphatic carbocycles. The Kier molecular flexibility index (Phi) is 6.62. The molecule has 8 heteroatoms. The minimum atomic E-state index is -0.791. The first-order valence-corrected chi connectivity index (χ1v) is 12.0. The number of benzene rings is 2. The molecule has 0 saturated heterocycles. The van der Waals surface area contributed by atoms with E-state index in [9.17, 15) is 9.59 Å². The van der Waals surface area contributed by atoms with E-state index in [1.807, 2.05) is 30.3 Å². The molecule has 182 valence electrons. The third-order valence-electron chi connectivity index (χ3n) is 6.77. The van der Waals surface area contributed by atoms with Crippen molar-refractivity contribution in [2.24, 2.45) is 10.9 Å². The molecule has 0 fully saturated rings. The molecule has 3 aliphatic rings. The summed E-state index contributed by atoms with van der Waals surface area (Å²) in [6.07, 6.45) is 0.939. The summed E-state index contributed by atoms with van der Waals surface area (Å²) in [6, 6.07) is 13.4. The number of carbonyl (C=O) groups excluding carboxylic acids is 2. The van der Waals surface area contributed by atoms with Gasteiger partial charge in [0.2, 0.25) is 6.79 Å². The maximum atomic E-state index is 13.7. The van der Waals surface area contributed by atoms with Gasteiger partial charge >= 0.3 is 5.97 Å².